The van der Waals surface area contributed by atoms with E-state index in [0.29, 0.717) is 5.01 Å². The molecule has 1 heterocycles. The summed E-state index contributed by atoms with van der Waals surface area (Å²) in [5.74, 6) is -0.650. The van der Waals surface area contributed by atoms with Gasteiger partial charge in [0.15, 0.2) is 6.61 Å². The number of nitrogens with zero attached hydrogens (tertiary/aromatic N) is 4. The van der Waals surface area contributed by atoms with E-state index in [0.717, 1.165) is 0 Å². The number of carbonyl (C=O) groups is 2. The van der Waals surface area contributed by atoms with Crippen LogP contribution in [0.15, 0.2) is 5.22 Å². The predicted molar refractivity (Wildman–Crippen MR) is 27.3 cm³/mol. The van der Waals surface area contributed by atoms with Gasteiger partial charge in [0, 0.05) is 0 Å². The summed E-state index contributed by atoms with van der Waals surface area (Å²) in [7, 11) is 0. The lowest BCUT2D eigenvalue weighted by molar-refractivity contribution is -0.126. The van der Waals surface area contributed by atoms with Crippen LogP contribution in [0.5, 0.6) is 0 Å². The molecule has 0 unspecified atom stereocenters. The molecule has 52 valence electrons. The molecule has 1 aliphatic heterocycles. The number of cyclic esters (lactones) is 1. The molecule has 7 heteroatoms. The van der Waals surface area contributed by atoms with Gasteiger partial charge in [-0.3, -0.25) is 0 Å². The largest absolute Gasteiger partial charge is 0.518 e. The van der Waals surface area contributed by atoms with Gasteiger partial charge in [-0.1, -0.05) is 5.01 Å². The molecule has 0 aliphatic carbocycles. The molecule has 0 radical (unpaired) electrons. The van der Waals surface area contributed by atoms with Gasteiger partial charge in [0.25, 0.3) is 0 Å². The van der Waals surface area contributed by atoms with Gasteiger partial charge in [0.1, 0.15) is 0 Å². The van der Waals surface area contributed by atoms with Crippen molar-refractivity contribution in [2.75, 3.05) is 6.61 Å². The average Bonchev–Trinajstić information content (AvgIpc) is 2.20. The van der Waals surface area contributed by atoms with Crippen LogP contribution in [0.25, 0.3) is 10.4 Å². The van der Waals surface area contributed by atoms with Crippen LogP contribution in [-0.2, 0) is 9.53 Å². The minimum absolute atomic E-state index is 0.333. The highest BCUT2D eigenvalue weighted by atomic mass is 16.6. The van der Waals surface area contributed by atoms with Crippen molar-refractivity contribution in [3.05, 3.63) is 10.4 Å². The summed E-state index contributed by atoms with van der Waals surface area (Å²) >= 11 is 0. The summed E-state index contributed by atoms with van der Waals surface area (Å²) in [6.07, 6.45) is -0.928. The Morgan fingerprint density at radius 1 is 1.70 bits per heavy atom. The van der Waals surface area contributed by atoms with Crippen LogP contribution in [-0.4, -0.2) is 23.6 Å². The Morgan fingerprint density at radius 2 is 2.40 bits per heavy atom. The predicted octanol–water partition coefficient (Wildman–Crippen LogP) is 0.191. The normalized spacial score (nSPS) is 16.6. The highest BCUT2D eigenvalue weighted by Gasteiger charge is 2.36. The minimum atomic E-state index is -0.928. The zero-order valence-electron chi connectivity index (χ0n) is 4.72. The van der Waals surface area contributed by atoms with Gasteiger partial charge >= 0.3 is 12.0 Å². The molecule has 1 rings (SSSR count). The highest BCUT2D eigenvalue weighted by molar-refractivity contribution is 5.97. The lowest BCUT2D eigenvalue weighted by Gasteiger charge is -1.91. The van der Waals surface area contributed by atoms with Crippen LogP contribution in [0.2, 0.25) is 0 Å². The van der Waals surface area contributed by atoms with E-state index in [2.05, 4.69) is 14.9 Å². The van der Waals surface area contributed by atoms with Crippen molar-refractivity contribution < 1.29 is 14.3 Å². The first-order valence-electron chi connectivity index (χ1n) is 2.30. The van der Waals surface area contributed by atoms with Crippen LogP contribution < -0.4 is 0 Å². The van der Waals surface area contributed by atoms with E-state index in [1.54, 1.807) is 0 Å². The molecule has 0 aromatic rings. The van der Waals surface area contributed by atoms with Gasteiger partial charge in [-0.25, -0.2) is 4.79 Å². The molecule has 1 fully saturated rings. The standard InChI is InChI=1S/C3H2N4O3/c4-5-6-7-2(8)1-10-3(7)9/h1H2. The first-order valence-corrected chi connectivity index (χ1v) is 2.30. The maximum Gasteiger partial charge on any atom is 0.518 e. The molecular weight excluding hydrogens is 140 g/mol. The fourth-order valence-electron chi connectivity index (χ4n) is 0.474. The van der Waals surface area contributed by atoms with E-state index in [4.69, 9.17) is 5.53 Å². The highest BCUT2D eigenvalue weighted by Crippen LogP contribution is 2.04. The molecule has 0 spiro atoms. The zero-order chi connectivity index (χ0) is 7.56. The fraction of sp³-hybridized carbons (Fsp3) is 0.333. The Labute approximate surface area is 54.8 Å². The number of imide groups is 1. The van der Waals surface area contributed by atoms with Crippen LogP contribution in [0.1, 0.15) is 0 Å². The summed E-state index contributed by atoms with van der Waals surface area (Å²) in [6, 6.07) is 0. The molecule has 0 bridgehead atoms. The molecule has 0 saturated carbocycles. The number of azide groups is 1. The molecule has 2 amide bonds. The lowest BCUT2D eigenvalue weighted by atomic mass is 10.7. The Morgan fingerprint density at radius 3 is 2.80 bits per heavy atom. The van der Waals surface area contributed by atoms with Crippen LogP contribution in [0.4, 0.5) is 4.79 Å². The Bertz CT molecular complexity index is 214. The van der Waals surface area contributed by atoms with Gasteiger partial charge in [-0.15, -0.1) is 5.53 Å². The fourth-order valence-corrected chi connectivity index (χ4v) is 0.474. The summed E-state index contributed by atoms with van der Waals surface area (Å²) in [5.41, 5.74) is 7.82. The van der Waals surface area contributed by atoms with Crippen molar-refractivity contribution in [1.82, 2.24) is 5.01 Å². The Kier molecular flexibility index (Phi) is 1.43. The smallest absolute Gasteiger partial charge is 0.418 e. The second-order valence-electron chi connectivity index (χ2n) is 1.44. The summed E-state index contributed by atoms with van der Waals surface area (Å²) in [5, 5.41) is 3.11. The molecule has 10 heavy (non-hydrogen) atoms. The molecule has 0 N–H and O–H groups in total. The van der Waals surface area contributed by atoms with E-state index in [-0.39, 0.29) is 6.61 Å². The second kappa shape index (κ2) is 2.24. The Balaban J connectivity index is 2.81. The van der Waals surface area contributed by atoms with E-state index >= 15 is 0 Å². The first kappa shape index (κ1) is 6.37. The molecule has 7 nitrogen and oxygen atoms in total. The van der Waals surface area contributed by atoms with Crippen molar-refractivity contribution in [3.63, 3.8) is 0 Å². The van der Waals surface area contributed by atoms with Crippen LogP contribution in [0.3, 0.4) is 0 Å². The van der Waals surface area contributed by atoms with Crippen LogP contribution >= 0.6 is 0 Å². The van der Waals surface area contributed by atoms with Crippen molar-refractivity contribution in [3.8, 4) is 0 Å². The maximum atomic E-state index is 10.5. The molecule has 1 aliphatic rings. The number of hydrogen-bond acceptors (Lipinski definition) is 4. The van der Waals surface area contributed by atoms with E-state index in [9.17, 15) is 9.59 Å². The monoisotopic (exact) mass is 142 g/mol. The third-order valence-corrected chi connectivity index (χ3v) is 0.858. The molecule has 0 atom stereocenters. The molecule has 0 aromatic carbocycles. The minimum Gasteiger partial charge on any atom is -0.418 e. The van der Waals surface area contributed by atoms with Gasteiger partial charge in [0.05, 0.1) is 0 Å². The second-order valence-corrected chi connectivity index (χ2v) is 1.44. The van der Waals surface area contributed by atoms with Crippen molar-refractivity contribution >= 4 is 12.0 Å². The van der Waals surface area contributed by atoms with Crippen molar-refractivity contribution in [2.24, 2.45) is 5.22 Å². The van der Waals surface area contributed by atoms with E-state index in [1.165, 1.54) is 0 Å². The molecule has 0 aromatic heterocycles. The van der Waals surface area contributed by atoms with Crippen molar-refractivity contribution in [1.29, 1.82) is 0 Å². The van der Waals surface area contributed by atoms with Crippen LogP contribution in [0, 0.1) is 0 Å². The molecular formula is C3H2N4O3. The zero-order valence-corrected chi connectivity index (χ0v) is 4.72. The number of rotatable bonds is 1. The summed E-state index contributed by atoms with van der Waals surface area (Å²) < 4.78 is 4.20. The number of hydrogen-bond donors (Lipinski definition) is 0. The number of carbonyl (C=O) groups excluding carboxylic acids is 2. The topological polar surface area (TPSA) is 95.4 Å². The van der Waals surface area contributed by atoms with Gasteiger partial charge < -0.3 is 4.74 Å². The van der Waals surface area contributed by atoms with Gasteiger partial charge in [-0.05, 0) is 5.22 Å². The maximum absolute atomic E-state index is 10.5. The first-order chi connectivity index (χ1) is 4.75. The third-order valence-electron chi connectivity index (χ3n) is 0.858. The summed E-state index contributed by atoms with van der Waals surface area (Å²) in [4.78, 5) is 23.1. The van der Waals surface area contributed by atoms with Gasteiger partial charge in [0.2, 0.25) is 0 Å². The van der Waals surface area contributed by atoms with E-state index in [1.807, 2.05) is 0 Å². The molecule has 1 saturated heterocycles. The number of amides is 2. The SMILES string of the molecule is [N-]=[N+]=NN1C(=O)COC1=O. The lowest BCUT2D eigenvalue weighted by Crippen LogP contribution is -2.21. The Hall–Kier alpha value is -1.75. The third kappa shape index (κ3) is 0.848. The summed E-state index contributed by atoms with van der Waals surface area (Å²) in [6.45, 7) is -0.349. The van der Waals surface area contributed by atoms with Gasteiger partial charge in [-0.2, -0.15) is 9.71 Å². The number of ether oxygens (including phenoxy) is 1. The average molecular weight is 142 g/mol. The van der Waals surface area contributed by atoms with E-state index < -0.39 is 12.0 Å². The quantitative estimate of drug-likeness (QED) is 0.297. The van der Waals surface area contributed by atoms with Crippen molar-refractivity contribution in [2.45, 2.75) is 0 Å².